The molecule has 0 radical (unpaired) electrons. The van der Waals surface area contributed by atoms with Crippen LogP contribution in [0.4, 0.5) is 0 Å². The summed E-state index contributed by atoms with van der Waals surface area (Å²) in [5, 5.41) is 2.91. The summed E-state index contributed by atoms with van der Waals surface area (Å²) in [6.07, 6.45) is 2.86. The van der Waals surface area contributed by atoms with Crippen LogP contribution in [-0.4, -0.2) is 62.9 Å². The van der Waals surface area contributed by atoms with Crippen molar-refractivity contribution >= 4 is 15.9 Å². The number of piperidine rings is 1. The quantitative estimate of drug-likeness (QED) is 0.692. The zero-order valence-electron chi connectivity index (χ0n) is 18.3. The van der Waals surface area contributed by atoms with Gasteiger partial charge in [-0.25, -0.2) is 8.42 Å². The summed E-state index contributed by atoms with van der Waals surface area (Å²) in [7, 11) is -3.48. The van der Waals surface area contributed by atoms with E-state index >= 15 is 0 Å². The Labute approximate surface area is 190 Å². The van der Waals surface area contributed by atoms with Gasteiger partial charge in [0.25, 0.3) is 5.91 Å². The molecule has 2 fully saturated rings. The van der Waals surface area contributed by atoms with Crippen LogP contribution in [-0.2, 0) is 27.8 Å². The van der Waals surface area contributed by atoms with Gasteiger partial charge >= 0.3 is 0 Å². The van der Waals surface area contributed by atoms with Crippen LogP contribution < -0.4 is 5.32 Å². The van der Waals surface area contributed by atoms with Crippen LogP contribution in [0.25, 0.3) is 0 Å². The third-order valence-corrected chi connectivity index (χ3v) is 7.97. The summed E-state index contributed by atoms with van der Waals surface area (Å²) < 4.78 is 32.4. The molecule has 0 aliphatic carbocycles. The Balaban J connectivity index is 1.30. The second-order valence-electron chi connectivity index (χ2n) is 8.38. The summed E-state index contributed by atoms with van der Waals surface area (Å²) in [4.78, 5) is 15.1. The normalized spacial score (nSPS) is 18.4. The molecular weight excluding hydrogens is 426 g/mol. The number of hydrogen-bond acceptors (Lipinski definition) is 5. The van der Waals surface area contributed by atoms with Crippen LogP contribution in [0.1, 0.15) is 40.7 Å². The van der Waals surface area contributed by atoms with E-state index in [0.717, 1.165) is 57.7 Å². The van der Waals surface area contributed by atoms with E-state index in [0.29, 0.717) is 25.2 Å². The molecule has 0 bridgehead atoms. The SMILES string of the molecule is O=C(NCc1ccc(CN2CCOCC2)cc1)c1ccc(S(=O)(=O)N2CCCCC2)cc1. The topological polar surface area (TPSA) is 79.0 Å². The Morgan fingerprint density at radius 1 is 0.844 bits per heavy atom. The van der Waals surface area contributed by atoms with Gasteiger partial charge in [-0.15, -0.1) is 0 Å². The number of sulfonamides is 1. The third kappa shape index (κ3) is 5.75. The molecule has 0 atom stereocenters. The van der Waals surface area contributed by atoms with Crippen molar-refractivity contribution in [1.29, 1.82) is 0 Å². The molecule has 0 unspecified atom stereocenters. The molecule has 2 aromatic rings. The van der Waals surface area contributed by atoms with Gasteiger partial charge in [-0.1, -0.05) is 30.7 Å². The molecule has 2 saturated heterocycles. The number of ether oxygens (including phenoxy) is 1. The molecule has 2 aliphatic heterocycles. The van der Waals surface area contributed by atoms with E-state index in [2.05, 4.69) is 22.3 Å². The van der Waals surface area contributed by atoms with Crippen LogP contribution in [0.3, 0.4) is 0 Å². The van der Waals surface area contributed by atoms with E-state index in [1.165, 1.54) is 22.0 Å². The highest BCUT2D eigenvalue weighted by molar-refractivity contribution is 7.89. The Hall–Kier alpha value is -2.26. The van der Waals surface area contributed by atoms with Crippen molar-refractivity contribution in [2.45, 2.75) is 37.2 Å². The largest absolute Gasteiger partial charge is 0.379 e. The van der Waals surface area contributed by atoms with E-state index in [4.69, 9.17) is 4.74 Å². The van der Waals surface area contributed by atoms with Crippen molar-refractivity contribution in [1.82, 2.24) is 14.5 Å². The van der Waals surface area contributed by atoms with Crippen LogP contribution >= 0.6 is 0 Å². The molecule has 0 saturated carbocycles. The van der Waals surface area contributed by atoms with E-state index in [1.807, 2.05) is 12.1 Å². The van der Waals surface area contributed by atoms with Gasteiger partial charge in [-0.2, -0.15) is 4.31 Å². The highest BCUT2D eigenvalue weighted by Gasteiger charge is 2.25. The first kappa shape index (κ1) is 22.9. The zero-order chi connectivity index (χ0) is 22.4. The monoisotopic (exact) mass is 457 g/mol. The van der Waals surface area contributed by atoms with Crippen LogP contribution in [0, 0.1) is 0 Å². The van der Waals surface area contributed by atoms with Gasteiger partial charge in [-0.3, -0.25) is 9.69 Å². The number of carbonyl (C=O) groups excluding carboxylic acids is 1. The van der Waals surface area contributed by atoms with Crippen LogP contribution in [0.15, 0.2) is 53.4 Å². The standard InChI is InChI=1S/C24H31N3O4S/c28-24(22-8-10-23(11-9-22)32(29,30)27-12-2-1-3-13-27)25-18-20-4-6-21(7-5-20)19-26-14-16-31-17-15-26/h4-11H,1-3,12-19H2,(H,25,28). The molecule has 7 nitrogen and oxygen atoms in total. The van der Waals surface area contributed by atoms with Crippen LogP contribution in [0.5, 0.6) is 0 Å². The molecule has 0 spiro atoms. The molecular formula is C24H31N3O4S. The number of rotatable bonds is 7. The number of nitrogens with zero attached hydrogens (tertiary/aromatic N) is 2. The summed E-state index contributed by atoms with van der Waals surface area (Å²) >= 11 is 0. The van der Waals surface area contributed by atoms with E-state index in [-0.39, 0.29) is 10.8 Å². The van der Waals surface area contributed by atoms with Crippen LogP contribution in [0.2, 0.25) is 0 Å². The molecule has 32 heavy (non-hydrogen) atoms. The first-order valence-electron chi connectivity index (χ1n) is 11.3. The second kappa shape index (κ2) is 10.6. The lowest BCUT2D eigenvalue weighted by molar-refractivity contribution is 0.0342. The summed E-state index contributed by atoms with van der Waals surface area (Å²) in [6.45, 7) is 5.94. The molecule has 2 heterocycles. The lowest BCUT2D eigenvalue weighted by atomic mass is 10.1. The molecule has 0 aromatic heterocycles. The predicted molar refractivity (Wildman–Crippen MR) is 123 cm³/mol. The maximum atomic E-state index is 12.7. The highest BCUT2D eigenvalue weighted by Crippen LogP contribution is 2.21. The van der Waals surface area contributed by atoms with E-state index in [9.17, 15) is 13.2 Å². The Morgan fingerprint density at radius 3 is 2.12 bits per heavy atom. The average Bonchev–Trinajstić information content (AvgIpc) is 2.85. The van der Waals surface area contributed by atoms with E-state index in [1.54, 1.807) is 12.1 Å². The zero-order valence-corrected chi connectivity index (χ0v) is 19.1. The Kier molecular flexibility index (Phi) is 7.57. The van der Waals surface area contributed by atoms with Crippen molar-refractivity contribution in [3.63, 3.8) is 0 Å². The first-order valence-corrected chi connectivity index (χ1v) is 12.7. The third-order valence-electron chi connectivity index (χ3n) is 6.06. The summed E-state index contributed by atoms with van der Waals surface area (Å²) in [6, 6.07) is 14.5. The fourth-order valence-electron chi connectivity index (χ4n) is 4.10. The van der Waals surface area contributed by atoms with Gasteiger partial charge in [0.2, 0.25) is 10.0 Å². The number of benzene rings is 2. The van der Waals surface area contributed by atoms with Crippen molar-refractivity contribution in [3.05, 3.63) is 65.2 Å². The minimum Gasteiger partial charge on any atom is -0.379 e. The molecule has 2 aliphatic rings. The van der Waals surface area contributed by atoms with Gasteiger partial charge in [0, 0.05) is 44.8 Å². The minimum atomic E-state index is -3.48. The predicted octanol–water partition coefficient (Wildman–Crippen LogP) is 2.62. The number of nitrogens with one attached hydrogen (secondary N) is 1. The van der Waals surface area contributed by atoms with Gasteiger partial charge < -0.3 is 10.1 Å². The number of morpholine rings is 1. The molecule has 2 aromatic carbocycles. The summed E-state index contributed by atoms with van der Waals surface area (Å²) in [5.74, 6) is -0.218. The molecule has 1 N–H and O–H groups in total. The molecule has 8 heteroatoms. The number of carbonyl (C=O) groups is 1. The van der Waals surface area contributed by atoms with Gasteiger partial charge in [0.15, 0.2) is 0 Å². The Bertz CT molecular complexity index is 995. The molecule has 172 valence electrons. The fraction of sp³-hybridized carbons (Fsp3) is 0.458. The molecule has 4 rings (SSSR count). The molecule has 1 amide bonds. The highest BCUT2D eigenvalue weighted by atomic mass is 32.2. The lowest BCUT2D eigenvalue weighted by Crippen LogP contribution is -2.35. The van der Waals surface area contributed by atoms with Gasteiger partial charge in [-0.05, 0) is 48.2 Å². The van der Waals surface area contributed by atoms with E-state index < -0.39 is 10.0 Å². The lowest BCUT2D eigenvalue weighted by Gasteiger charge is -2.26. The fourth-order valence-corrected chi connectivity index (χ4v) is 5.61. The van der Waals surface area contributed by atoms with Crippen molar-refractivity contribution in [2.24, 2.45) is 0 Å². The first-order chi connectivity index (χ1) is 15.5. The average molecular weight is 458 g/mol. The van der Waals surface area contributed by atoms with Crippen molar-refractivity contribution in [2.75, 3.05) is 39.4 Å². The minimum absolute atomic E-state index is 0.218. The maximum absolute atomic E-state index is 12.7. The smallest absolute Gasteiger partial charge is 0.251 e. The number of hydrogen-bond donors (Lipinski definition) is 1. The van der Waals surface area contributed by atoms with Crippen molar-refractivity contribution in [3.8, 4) is 0 Å². The van der Waals surface area contributed by atoms with Crippen molar-refractivity contribution < 1.29 is 17.9 Å². The number of amides is 1. The Morgan fingerprint density at radius 2 is 1.47 bits per heavy atom. The second-order valence-corrected chi connectivity index (χ2v) is 10.3. The van der Waals surface area contributed by atoms with Gasteiger partial charge in [0.05, 0.1) is 18.1 Å². The van der Waals surface area contributed by atoms with Gasteiger partial charge in [0.1, 0.15) is 0 Å². The maximum Gasteiger partial charge on any atom is 0.251 e. The summed E-state index contributed by atoms with van der Waals surface area (Å²) in [5.41, 5.74) is 2.72.